The molecule has 1 atom stereocenters. The number of rotatable bonds is 5. The summed E-state index contributed by atoms with van der Waals surface area (Å²) in [7, 11) is 1.65. The van der Waals surface area contributed by atoms with E-state index in [0.717, 1.165) is 23.6 Å². The standard InChI is InChI=1S/C15H16Cl2N2O/c1-3-18-14(10-5-4-6-12(7-10)20-2)15-13(17)8-11(16)9-19-15/h4-9,14,18H,3H2,1-2H3. The zero-order chi connectivity index (χ0) is 14.5. The first-order chi connectivity index (χ1) is 9.65. The lowest BCUT2D eigenvalue weighted by Crippen LogP contribution is -2.23. The first kappa shape index (κ1) is 15.1. The summed E-state index contributed by atoms with van der Waals surface area (Å²) in [4.78, 5) is 4.36. The van der Waals surface area contributed by atoms with Crippen LogP contribution in [0.1, 0.15) is 24.2 Å². The maximum absolute atomic E-state index is 6.27. The Bertz CT molecular complexity index is 590. The van der Waals surface area contributed by atoms with Gasteiger partial charge in [0.25, 0.3) is 0 Å². The van der Waals surface area contributed by atoms with Crippen LogP contribution >= 0.6 is 23.2 Å². The molecule has 1 N–H and O–H groups in total. The van der Waals surface area contributed by atoms with Crippen molar-refractivity contribution in [2.45, 2.75) is 13.0 Å². The highest BCUT2D eigenvalue weighted by Gasteiger charge is 2.18. The molecule has 1 aromatic carbocycles. The quantitative estimate of drug-likeness (QED) is 0.903. The molecule has 0 aliphatic rings. The van der Waals surface area contributed by atoms with Crippen molar-refractivity contribution in [2.24, 2.45) is 0 Å². The molecule has 2 aromatic rings. The molecule has 0 bridgehead atoms. The number of nitrogens with zero attached hydrogens (tertiary/aromatic N) is 1. The Kier molecular flexibility index (Phi) is 5.24. The van der Waals surface area contributed by atoms with Crippen molar-refractivity contribution < 1.29 is 4.74 Å². The van der Waals surface area contributed by atoms with Gasteiger partial charge in [-0.1, -0.05) is 42.3 Å². The minimum absolute atomic E-state index is 0.0973. The zero-order valence-electron chi connectivity index (χ0n) is 11.4. The van der Waals surface area contributed by atoms with Gasteiger partial charge in [0, 0.05) is 6.20 Å². The number of hydrogen-bond acceptors (Lipinski definition) is 3. The van der Waals surface area contributed by atoms with Gasteiger partial charge in [0.05, 0.1) is 28.9 Å². The molecular weight excluding hydrogens is 295 g/mol. The SMILES string of the molecule is CCNC(c1cccc(OC)c1)c1ncc(Cl)cc1Cl. The average Bonchev–Trinajstić information content (AvgIpc) is 2.45. The minimum Gasteiger partial charge on any atom is -0.497 e. The molecule has 0 amide bonds. The fraction of sp³-hybridized carbons (Fsp3) is 0.267. The van der Waals surface area contributed by atoms with E-state index in [2.05, 4.69) is 10.3 Å². The Morgan fingerprint density at radius 1 is 1.30 bits per heavy atom. The summed E-state index contributed by atoms with van der Waals surface area (Å²) < 4.78 is 5.27. The molecule has 1 unspecified atom stereocenters. The molecule has 2 rings (SSSR count). The van der Waals surface area contributed by atoms with E-state index in [1.165, 1.54) is 0 Å². The normalized spacial score (nSPS) is 12.2. The second kappa shape index (κ2) is 6.93. The fourth-order valence-electron chi connectivity index (χ4n) is 2.04. The van der Waals surface area contributed by atoms with Crippen LogP contribution in [0.15, 0.2) is 36.5 Å². The van der Waals surface area contributed by atoms with Crippen LogP contribution in [0, 0.1) is 0 Å². The molecule has 20 heavy (non-hydrogen) atoms. The van der Waals surface area contributed by atoms with Gasteiger partial charge in [-0.3, -0.25) is 4.98 Å². The smallest absolute Gasteiger partial charge is 0.119 e. The van der Waals surface area contributed by atoms with Gasteiger partial charge in [-0.15, -0.1) is 0 Å². The third-order valence-electron chi connectivity index (χ3n) is 2.95. The van der Waals surface area contributed by atoms with E-state index in [0.29, 0.717) is 10.0 Å². The van der Waals surface area contributed by atoms with Crippen molar-refractivity contribution in [2.75, 3.05) is 13.7 Å². The summed E-state index contributed by atoms with van der Waals surface area (Å²) in [6.07, 6.45) is 1.60. The number of ether oxygens (including phenoxy) is 1. The Morgan fingerprint density at radius 3 is 2.75 bits per heavy atom. The first-order valence-corrected chi connectivity index (χ1v) is 7.09. The predicted molar refractivity (Wildman–Crippen MR) is 82.8 cm³/mol. The van der Waals surface area contributed by atoms with Crippen LogP contribution in [0.25, 0.3) is 0 Å². The molecule has 106 valence electrons. The van der Waals surface area contributed by atoms with Crippen LogP contribution in [0.2, 0.25) is 10.0 Å². The summed E-state index contributed by atoms with van der Waals surface area (Å²) in [6.45, 7) is 2.83. The number of hydrogen-bond donors (Lipinski definition) is 1. The number of pyridine rings is 1. The van der Waals surface area contributed by atoms with Crippen molar-refractivity contribution >= 4 is 23.2 Å². The maximum Gasteiger partial charge on any atom is 0.119 e. The van der Waals surface area contributed by atoms with E-state index in [9.17, 15) is 0 Å². The zero-order valence-corrected chi connectivity index (χ0v) is 12.9. The van der Waals surface area contributed by atoms with Crippen LogP contribution < -0.4 is 10.1 Å². The predicted octanol–water partition coefficient (Wildman–Crippen LogP) is 4.10. The van der Waals surface area contributed by atoms with Gasteiger partial charge in [-0.2, -0.15) is 0 Å². The van der Waals surface area contributed by atoms with Crippen molar-refractivity contribution in [1.82, 2.24) is 10.3 Å². The largest absolute Gasteiger partial charge is 0.497 e. The molecule has 5 heteroatoms. The summed E-state index contributed by atoms with van der Waals surface area (Å²) in [5.41, 5.74) is 1.80. The van der Waals surface area contributed by atoms with Crippen molar-refractivity contribution in [3.05, 3.63) is 57.8 Å². The molecule has 0 radical (unpaired) electrons. The van der Waals surface area contributed by atoms with Crippen LogP contribution in [-0.4, -0.2) is 18.6 Å². The van der Waals surface area contributed by atoms with Gasteiger partial charge >= 0.3 is 0 Å². The topological polar surface area (TPSA) is 34.1 Å². The molecule has 0 spiro atoms. The van der Waals surface area contributed by atoms with E-state index < -0.39 is 0 Å². The van der Waals surface area contributed by atoms with E-state index in [4.69, 9.17) is 27.9 Å². The molecule has 0 aliphatic carbocycles. The average molecular weight is 311 g/mol. The van der Waals surface area contributed by atoms with Gasteiger partial charge in [0.1, 0.15) is 5.75 Å². The lowest BCUT2D eigenvalue weighted by Gasteiger charge is -2.19. The lowest BCUT2D eigenvalue weighted by atomic mass is 10.0. The summed E-state index contributed by atoms with van der Waals surface area (Å²) in [5, 5.41) is 4.46. The highest BCUT2D eigenvalue weighted by molar-refractivity contribution is 6.34. The number of nitrogens with one attached hydrogen (secondary N) is 1. The minimum atomic E-state index is -0.0973. The van der Waals surface area contributed by atoms with Gasteiger partial charge in [-0.25, -0.2) is 0 Å². The van der Waals surface area contributed by atoms with E-state index in [1.54, 1.807) is 19.4 Å². The van der Waals surface area contributed by atoms with Crippen LogP contribution in [-0.2, 0) is 0 Å². The second-order valence-electron chi connectivity index (χ2n) is 4.29. The van der Waals surface area contributed by atoms with Crippen LogP contribution in [0.3, 0.4) is 0 Å². The highest BCUT2D eigenvalue weighted by atomic mass is 35.5. The Balaban J connectivity index is 2.44. The summed E-state index contributed by atoms with van der Waals surface area (Å²) >= 11 is 12.2. The molecular formula is C15H16Cl2N2O. The number of benzene rings is 1. The van der Waals surface area contributed by atoms with Crippen LogP contribution in [0.4, 0.5) is 0 Å². The number of halogens is 2. The van der Waals surface area contributed by atoms with Crippen molar-refractivity contribution in [1.29, 1.82) is 0 Å². The molecule has 0 fully saturated rings. The van der Waals surface area contributed by atoms with Gasteiger partial charge in [0.2, 0.25) is 0 Å². The summed E-state index contributed by atoms with van der Waals surface area (Å²) in [5.74, 6) is 0.801. The molecule has 1 heterocycles. The molecule has 3 nitrogen and oxygen atoms in total. The second-order valence-corrected chi connectivity index (χ2v) is 5.13. The third-order valence-corrected chi connectivity index (χ3v) is 3.45. The van der Waals surface area contributed by atoms with Crippen molar-refractivity contribution in [3.63, 3.8) is 0 Å². The fourth-order valence-corrected chi connectivity index (χ4v) is 2.52. The molecule has 0 aliphatic heterocycles. The summed E-state index contributed by atoms with van der Waals surface area (Å²) in [6, 6.07) is 9.45. The maximum atomic E-state index is 6.27. The molecule has 0 saturated carbocycles. The molecule has 1 aromatic heterocycles. The van der Waals surface area contributed by atoms with Gasteiger partial charge in [-0.05, 0) is 30.3 Å². The Hall–Kier alpha value is -1.29. The van der Waals surface area contributed by atoms with Crippen LogP contribution in [0.5, 0.6) is 5.75 Å². The molecule has 0 saturated heterocycles. The van der Waals surface area contributed by atoms with E-state index in [-0.39, 0.29) is 6.04 Å². The first-order valence-electron chi connectivity index (χ1n) is 6.34. The number of aromatic nitrogens is 1. The van der Waals surface area contributed by atoms with E-state index >= 15 is 0 Å². The highest BCUT2D eigenvalue weighted by Crippen LogP contribution is 2.29. The third kappa shape index (κ3) is 3.42. The lowest BCUT2D eigenvalue weighted by molar-refractivity contribution is 0.413. The van der Waals surface area contributed by atoms with Gasteiger partial charge in [0.15, 0.2) is 0 Å². The van der Waals surface area contributed by atoms with Gasteiger partial charge < -0.3 is 10.1 Å². The monoisotopic (exact) mass is 310 g/mol. The van der Waals surface area contributed by atoms with E-state index in [1.807, 2.05) is 31.2 Å². The van der Waals surface area contributed by atoms with Crippen molar-refractivity contribution in [3.8, 4) is 5.75 Å². The Labute approximate surface area is 128 Å². The Morgan fingerprint density at radius 2 is 2.10 bits per heavy atom. The number of methoxy groups -OCH3 is 1.